The van der Waals surface area contributed by atoms with E-state index in [4.69, 9.17) is 26.4 Å². The molecule has 3 N–H and O–H groups in total. The van der Waals surface area contributed by atoms with Crippen LogP contribution in [0.1, 0.15) is 40.0 Å². The number of amides is 1. The summed E-state index contributed by atoms with van der Waals surface area (Å²) in [6.45, 7) is 8.03. The summed E-state index contributed by atoms with van der Waals surface area (Å²) in [5.41, 5.74) is 1.26. The first-order valence-corrected chi connectivity index (χ1v) is 9.88. The van der Waals surface area contributed by atoms with Crippen LogP contribution in [0.3, 0.4) is 0 Å². The minimum Gasteiger partial charge on any atom is -0.492 e. The Labute approximate surface area is 166 Å². The lowest BCUT2D eigenvalue weighted by Crippen LogP contribution is -2.34. The Bertz CT molecular complexity index is 648. The van der Waals surface area contributed by atoms with Crippen molar-refractivity contribution in [3.05, 3.63) is 12.1 Å². The molecule has 0 radical (unpaired) electrons. The van der Waals surface area contributed by atoms with Gasteiger partial charge in [-0.25, -0.2) is 0 Å². The lowest BCUT2D eigenvalue weighted by Gasteiger charge is -2.19. The Hall–Kier alpha value is -2.06. The van der Waals surface area contributed by atoms with E-state index in [0.29, 0.717) is 54.2 Å². The van der Waals surface area contributed by atoms with Crippen molar-refractivity contribution in [3.63, 3.8) is 0 Å². The highest BCUT2D eigenvalue weighted by Crippen LogP contribution is 2.37. The van der Waals surface area contributed by atoms with Gasteiger partial charge in [0, 0.05) is 31.7 Å². The van der Waals surface area contributed by atoms with Gasteiger partial charge in [-0.2, -0.15) is 0 Å². The van der Waals surface area contributed by atoms with Gasteiger partial charge in [0.25, 0.3) is 0 Å². The molecule has 1 atom stereocenters. The predicted octanol–water partition coefficient (Wildman–Crippen LogP) is 3.30. The first kappa shape index (κ1) is 21.2. The molecule has 1 aliphatic rings. The molecule has 1 heterocycles. The largest absolute Gasteiger partial charge is 0.492 e. The lowest BCUT2D eigenvalue weighted by molar-refractivity contribution is -0.115. The highest BCUT2D eigenvalue weighted by Gasteiger charge is 2.17. The SMILES string of the molecule is CCOc1cc(NC(=S)NC[C@H]2CCCO2)c(OCC)cc1NC(=O)CC. The molecule has 1 amide bonds. The summed E-state index contributed by atoms with van der Waals surface area (Å²) in [6, 6.07) is 3.55. The maximum atomic E-state index is 11.8. The van der Waals surface area contributed by atoms with Crippen LogP contribution in [0.4, 0.5) is 11.4 Å². The van der Waals surface area contributed by atoms with Gasteiger partial charge < -0.3 is 30.2 Å². The molecule has 0 aliphatic carbocycles. The van der Waals surface area contributed by atoms with Crippen molar-refractivity contribution in [2.75, 3.05) is 37.0 Å². The fraction of sp³-hybridized carbons (Fsp3) is 0.579. The molecule has 1 aromatic rings. The van der Waals surface area contributed by atoms with Crippen molar-refractivity contribution >= 4 is 34.6 Å². The second kappa shape index (κ2) is 10.9. The fourth-order valence-electron chi connectivity index (χ4n) is 2.72. The number of rotatable bonds is 9. The third-order valence-corrected chi connectivity index (χ3v) is 4.29. The number of benzene rings is 1. The Kier molecular flexibility index (Phi) is 8.60. The van der Waals surface area contributed by atoms with Gasteiger partial charge in [-0.05, 0) is 38.9 Å². The normalized spacial score (nSPS) is 15.9. The van der Waals surface area contributed by atoms with E-state index >= 15 is 0 Å². The van der Waals surface area contributed by atoms with Crippen molar-refractivity contribution in [1.82, 2.24) is 5.32 Å². The van der Waals surface area contributed by atoms with Crippen LogP contribution in [0.5, 0.6) is 11.5 Å². The molecule has 150 valence electrons. The maximum absolute atomic E-state index is 11.8. The summed E-state index contributed by atoms with van der Waals surface area (Å²) in [4.78, 5) is 11.8. The van der Waals surface area contributed by atoms with Crippen molar-refractivity contribution < 1.29 is 19.0 Å². The number of thiocarbonyl (C=S) groups is 1. The van der Waals surface area contributed by atoms with E-state index < -0.39 is 0 Å². The first-order valence-electron chi connectivity index (χ1n) is 9.47. The molecule has 1 aromatic carbocycles. The van der Waals surface area contributed by atoms with Gasteiger partial charge in [-0.1, -0.05) is 6.92 Å². The summed E-state index contributed by atoms with van der Waals surface area (Å²) in [6.07, 6.45) is 2.71. The molecule has 2 rings (SSSR count). The zero-order chi connectivity index (χ0) is 19.6. The van der Waals surface area contributed by atoms with Gasteiger partial charge in [-0.3, -0.25) is 4.79 Å². The molecule has 0 saturated carbocycles. The molecule has 27 heavy (non-hydrogen) atoms. The summed E-state index contributed by atoms with van der Waals surface area (Å²) in [5.74, 6) is 1.06. The molecule has 8 heteroatoms. The monoisotopic (exact) mass is 395 g/mol. The number of nitrogens with one attached hydrogen (secondary N) is 3. The van der Waals surface area contributed by atoms with E-state index in [1.165, 1.54) is 0 Å². The molecular weight excluding hydrogens is 366 g/mol. The Balaban J connectivity index is 2.15. The number of hydrogen-bond acceptors (Lipinski definition) is 5. The number of hydrogen-bond donors (Lipinski definition) is 3. The first-order chi connectivity index (χ1) is 13.1. The van der Waals surface area contributed by atoms with Crippen LogP contribution < -0.4 is 25.4 Å². The average molecular weight is 396 g/mol. The smallest absolute Gasteiger partial charge is 0.224 e. The van der Waals surface area contributed by atoms with E-state index in [9.17, 15) is 4.79 Å². The molecule has 0 aromatic heterocycles. The van der Waals surface area contributed by atoms with Crippen LogP contribution in [0.2, 0.25) is 0 Å². The summed E-state index contributed by atoms with van der Waals surface area (Å²) in [5, 5.41) is 9.67. The van der Waals surface area contributed by atoms with Gasteiger partial charge in [0.05, 0.1) is 30.7 Å². The molecule has 1 aliphatic heterocycles. The average Bonchev–Trinajstić information content (AvgIpc) is 3.17. The Morgan fingerprint density at radius 1 is 1.15 bits per heavy atom. The van der Waals surface area contributed by atoms with Crippen LogP contribution in [0.25, 0.3) is 0 Å². The highest BCUT2D eigenvalue weighted by molar-refractivity contribution is 7.80. The van der Waals surface area contributed by atoms with Gasteiger partial charge >= 0.3 is 0 Å². The minimum atomic E-state index is -0.0899. The number of carbonyl (C=O) groups excluding carboxylic acids is 1. The van der Waals surface area contributed by atoms with Crippen molar-refractivity contribution in [1.29, 1.82) is 0 Å². The Morgan fingerprint density at radius 2 is 1.78 bits per heavy atom. The highest BCUT2D eigenvalue weighted by atomic mass is 32.1. The molecule has 1 saturated heterocycles. The molecule has 1 fully saturated rings. The van der Waals surface area contributed by atoms with Crippen LogP contribution >= 0.6 is 12.2 Å². The topological polar surface area (TPSA) is 80.8 Å². The maximum Gasteiger partial charge on any atom is 0.224 e. The number of anilines is 2. The van der Waals surface area contributed by atoms with E-state index in [1.807, 2.05) is 13.8 Å². The van der Waals surface area contributed by atoms with Crippen molar-refractivity contribution in [3.8, 4) is 11.5 Å². The quantitative estimate of drug-likeness (QED) is 0.554. The van der Waals surface area contributed by atoms with Crippen LogP contribution in [0, 0.1) is 0 Å². The second-order valence-corrected chi connectivity index (χ2v) is 6.49. The number of ether oxygens (including phenoxy) is 3. The molecule has 0 spiro atoms. The zero-order valence-corrected chi connectivity index (χ0v) is 17.0. The van der Waals surface area contributed by atoms with Gasteiger partial charge in [0.15, 0.2) is 5.11 Å². The van der Waals surface area contributed by atoms with E-state index in [2.05, 4.69) is 16.0 Å². The summed E-state index contributed by atoms with van der Waals surface area (Å²) in [7, 11) is 0. The molecule has 0 unspecified atom stereocenters. The van der Waals surface area contributed by atoms with E-state index in [0.717, 1.165) is 19.4 Å². The third kappa shape index (κ3) is 6.55. The van der Waals surface area contributed by atoms with Gasteiger partial charge in [-0.15, -0.1) is 0 Å². The van der Waals surface area contributed by atoms with E-state index in [1.54, 1.807) is 19.1 Å². The molecule has 7 nitrogen and oxygen atoms in total. The predicted molar refractivity (Wildman–Crippen MR) is 111 cm³/mol. The van der Waals surface area contributed by atoms with Crippen molar-refractivity contribution in [2.24, 2.45) is 0 Å². The Morgan fingerprint density at radius 3 is 2.30 bits per heavy atom. The summed E-state index contributed by atoms with van der Waals surface area (Å²) < 4.78 is 17.0. The summed E-state index contributed by atoms with van der Waals surface area (Å²) >= 11 is 5.40. The third-order valence-electron chi connectivity index (χ3n) is 4.04. The fourth-order valence-corrected chi connectivity index (χ4v) is 2.92. The lowest BCUT2D eigenvalue weighted by atomic mass is 10.2. The standard InChI is InChI=1S/C19H29N3O4S/c1-4-18(23)21-14-10-17(25-6-3)15(11-16(14)24-5-2)22-19(27)20-12-13-8-7-9-26-13/h10-11,13H,4-9,12H2,1-3H3,(H,21,23)(H2,20,22,27)/t13-/m1/s1. The van der Waals surface area contributed by atoms with Crippen LogP contribution in [-0.2, 0) is 9.53 Å². The van der Waals surface area contributed by atoms with Gasteiger partial charge in [0.2, 0.25) is 5.91 Å². The van der Waals surface area contributed by atoms with E-state index in [-0.39, 0.29) is 12.0 Å². The molecular formula is C19H29N3O4S. The number of carbonyl (C=O) groups is 1. The van der Waals surface area contributed by atoms with Gasteiger partial charge in [0.1, 0.15) is 11.5 Å². The van der Waals surface area contributed by atoms with Crippen molar-refractivity contribution in [2.45, 2.75) is 46.1 Å². The van der Waals surface area contributed by atoms with Crippen LogP contribution in [0.15, 0.2) is 12.1 Å². The second-order valence-electron chi connectivity index (χ2n) is 6.08. The zero-order valence-electron chi connectivity index (χ0n) is 16.2. The molecule has 0 bridgehead atoms. The minimum absolute atomic E-state index is 0.0899. The van der Waals surface area contributed by atoms with Crippen LogP contribution in [-0.4, -0.2) is 43.5 Å².